The first kappa shape index (κ1) is 15.7. The quantitative estimate of drug-likeness (QED) is 0.622. The molecule has 0 aliphatic heterocycles. The highest BCUT2D eigenvalue weighted by Crippen LogP contribution is 2.27. The average Bonchev–Trinajstić information content (AvgIpc) is 2.51. The number of carbonyl (C=O) groups is 1. The molecule has 0 spiro atoms. The number of anilines is 1. The third kappa shape index (κ3) is 2.99. The van der Waals surface area contributed by atoms with Crippen molar-refractivity contribution in [3.8, 4) is 0 Å². The molecule has 0 heterocycles. The molecular weight excluding hydrogens is 357 g/mol. The molecule has 0 bridgehead atoms. The van der Waals surface area contributed by atoms with Gasteiger partial charge in [-0.05, 0) is 54.6 Å². The van der Waals surface area contributed by atoms with Crippen molar-refractivity contribution in [2.24, 2.45) is 0 Å². The predicted molar refractivity (Wildman–Crippen MR) is 95.5 cm³/mol. The van der Waals surface area contributed by atoms with Crippen LogP contribution in [0.2, 0.25) is 0 Å². The number of hydrogen-bond donors (Lipinski definition) is 1. The molecule has 0 fully saturated rings. The van der Waals surface area contributed by atoms with E-state index in [1.165, 1.54) is 12.1 Å². The third-order valence-corrected chi connectivity index (χ3v) is 4.31. The van der Waals surface area contributed by atoms with E-state index in [1.807, 2.05) is 26.0 Å². The van der Waals surface area contributed by atoms with Crippen molar-refractivity contribution in [3.63, 3.8) is 0 Å². The van der Waals surface area contributed by atoms with Gasteiger partial charge in [0, 0.05) is 21.1 Å². The summed E-state index contributed by atoms with van der Waals surface area (Å²) >= 11 is 3.44. The summed E-state index contributed by atoms with van der Waals surface area (Å²) in [6.45, 7) is 3.88. The number of amides is 1. The van der Waals surface area contributed by atoms with E-state index in [2.05, 4.69) is 21.2 Å². The lowest BCUT2D eigenvalue weighted by molar-refractivity contribution is 0.102. The number of hydrogen-bond acceptors (Lipinski definition) is 1. The monoisotopic (exact) mass is 371 g/mol. The lowest BCUT2D eigenvalue weighted by atomic mass is 10.0. The fraction of sp³-hybridized carbons (Fsp3) is 0.105. The Bertz CT molecular complexity index is 897. The summed E-state index contributed by atoms with van der Waals surface area (Å²) < 4.78 is 14.9. The van der Waals surface area contributed by atoms with Crippen LogP contribution in [0.25, 0.3) is 10.8 Å². The molecule has 1 amide bonds. The highest BCUT2D eigenvalue weighted by atomic mass is 79.9. The summed E-state index contributed by atoms with van der Waals surface area (Å²) in [6, 6.07) is 13.8. The second-order valence-corrected chi connectivity index (χ2v) is 6.42. The molecule has 3 aromatic carbocycles. The normalized spacial score (nSPS) is 10.8. The Morgan fingerprint density at radius 2 is 1.61 bits per heavy atom. The number of fused-ring (bicyclic) bond motifs is 1. The van der Waals surface area contributed by atoms with Crippen LogP contribution in [0.3, 0.4) is 0 Å². The maximum Gasteiger partial charge on any atom is 0.256 e. The highest BCUT2D eigenvalue weighted by Gasteiger charge is 2.14. The van der Waals surface area contributed by atoms with Gasteiger partial charge in [0.15, 0.2) is 0 Å². The molecule has 0 aliphatic rings. The fourth-order valence-electron chi connectivity index (χ4n) is 2.75. The fourth-order valence-corrected chi connectivity index (χ4v) is 3.44. The number of halogens is 2. The van der Waals surface area contributed by atoms with E-state index in [0.717, 1.165) is 21.3 Å². The van der Waals surface area contributed by atoms with Crippen LogP contribution in [-0.2, 0) is 0 Å². The molecule has 116 valence electrons. The van der Waals surface area contributed by atoms with Gasteiger partial charge in [-0.3, -0.25) is 4.79 Å². The van der Waals surface area contributed by atoms with Crippen LogP contribution in [0.15, 0.2) is 53.0 Å². The van der Waals surface area contributed by atoms with Crippen molar-refractivity contribution in [1.29, 1.82) is 0 Å². The maximum absolute atomic E-state index is 13.9. The molecule has 2 nitrogen and oxygen atoms in total. The van der Waals surface area contributed by atoms with Crippen LogP contribution in [0.4, 0.5) is 10.1 Å². The molecule has 0 radical (unpaired) electrons. The molecule has 4 heteroatoms. The summed E-state index contributed by atoms with van der Waals surface area (Å²) in [5.74, 6) is -0.567. The van der Waals surface area contributed by atoms with Crippen molar-refractivity contribution in [2.45, 2.75) is 13.8 Å². The second-order valence-electron chi connectivity index (χ2n) is 5.51. The van der Waals surface area contributed by atoms with Crippen LogP contribution in [0, 0.1) is 19.7 Å². The number of carbonyl (C=O) groups excluding carboxylic acids is 1. The van der Waals surface area contributed by atoms with Crippen molar-refractivity contribution in [2.75, 3.05) is 5.32 Å². The number of rotatable bonds is 2. The van der Waals surface area contributed by atoms with E-state index in [0.29, 0.717) is 16.3 Å². The SMILES string of the molecule is Cc1cc(Br)cc(C)c1NC(=O)c1ccc(F)c2ccccc12. The number of aryl methyl sites for hydroxylation is 2. The second kappa shape index (κ2) is 6.13. The van der Waals surface area contributed by atoms with Crippen LogP contribution in [-0.4, -0.2) is 5.91 Å². The summed E-state index contributed by atoms with van der Waals surface area (Å²) in [6.07, 6.45) is 0. The van der Waals surface area contributed by atoms with E-state index in [4.69, 9.17) is 0 Å². The predicted octanol–water partition coefficient (Wildman–Crippen LogP) is 5.61. The summed E-state index contributed by atoms with van der Waals surface area (Å²) in [5.41, 5.74) is 3.18. The zero-order chi connectivity index (χ0) is 16.6. The molecule has 1 N–H and O–H groups in total. The Morgan fingerprint density at radius 3 is 2.26 bits per heavy atom. The van der Waals surface area contributed by atoms with E-state index in [1.54, 1.807) is 24.3 Å². The molecule has 0 unspecified atom stereocenters. The van der Waals surface area contributed by atoms with Gasteiger partial charge in [0.1, 0.15) is 5.82 Å². The Labute approximate surface area is 142 Å². The van der Waals surface area contributed by atoms with Gasteiger partial charge in [0.25, 0.3) is 5.91 Å². The molecular formula is C19H15BrFNO. The first-order chi connectivity index (χ1) is 11.0. The van der Waals surface area contributed by atoms with E-state index in [9.17, 15) is 9.18 Å². The molecule has 0 saturated heterocycles. The summed E-state index contributed by atoms with van der Waals surface area (Å²) in [4.78, 5) is 12.7. The van der Waals surface area contributed by atoms with E-state index >= 15 is 0 Å². The third-order valence-electron chi connectivity index (χ3n) is 3.85. The minimum atomic E-state index is -0.326. The zero-order valence-electron chi connectivity index (χ0n) is 12.8. The molecule has 0 saturated carbocycles. The maximum atomic E-state index is 13.9. The Hall–Kier alpha value is -2.20. The van der Waals surface area contributed by atoms with E-state index in [-0.39, 0.29) is 11.7 Å². The molecule has 0 aromatic heterocycles. The summed E-state index contributed by atoms with van der Waals surface area (Å²) in [5, 5.41) is 4.01. The van der Waals surface area contributed by atoms with Crippen molar-refractivity contribution in [1.82, 2.24) is 0 Å². The van der Waals surface area contributed by atoms with Crippen LogP contribution < -0.4 is 5.32 Å². The highest BCUT2D eigenvalue weighted by molar-refractivity contribution is 9.10. The van der Waals surface area contributed by atoms with Crippen molar-refractivity contribution < 1.29 is 9.18 Å². The lowest BCUT2D eigenvalue weighted by Gasteiger charge is -2.13. The Morgan fingerprint density at radius 1 is 1.00 bits per heavy atom. The zero-order valence-corrected chi connectivity index (χ0v) is 14.4. The molecule has 3 rings (SSSR count). The molecule has 0 aliphatic carbocycles. The smallest absolute Gasteiger partial charge is 0.256 e. The molecule has 23 heavy (non-hydrogen) atoms. The standard InChI is InChI=1S/C19H15BrFNO/c1-11-9-13(20)10-12(2)18(11)22-19(23)16-7-8-17(21)15-6-4-3-5-14(15)16/h3-10H,1-2H3,(H,22,23). The van der Waals surface area contributed by atoms with Crippen LogP contribution in [0.1, 0.15) is 21.5 Å². The van der Waals surface area contributed by atoms with Crippen molar-refractivity contribution in [3.05, 3.63) is 75.5 Å². The van der Waals surface area contributed by atoms with Gasteiger partial charge < -0.3 is 5.32 Å². The van der Waals surface area contributed by atoms with Gasteiger partial charge in [-0.15, -0.1) is 0 Å². The van der Waals surface area contributed by atoms with Crippen LogP contribution in [0.5, 0.6) is 0 Å². The van der Waals surface area contributed by atoms with Gasteiger partial charge in [-0.2, -0.15) is 0 Å². The summed E-state index contributed by atoms with van der Waals surface area (Å²) in [7, 11) is 0. The van der Waals surface area contributed by atoms with E-state index < -0.39 is 0 Å². The van der Waals surface area contributed by atoms with Crippen molar-refractivity contribution >= 4 is 38.3 Å². The van der Waals surface area contributed by atoms with Gasteiger partial charge in [-0.25, -0.2) is 4.39 Å². The van der Waals surface area contributed by atoms with Gasteiger partial charge in [-0.1, -0.05) is 40.2 Å². The first-order valence-corrected chi connectivity index (χ1v) is 8.02. The molecule has 3 aromatic rings. The van der Waals surface area contributed by atoms with Crippen LogP contribution >= 0.6 is 15.9 Å². The number of benzene rings is 3. The van der Waals surface area contributed by atoms with Gasteiger partial charge in [0.2, 0.25) is 0 Å². The van der Waals surface area contributed by atoms with Gasteiger partial charge >= 0.3 is 0 Å². The largest absolute Gasteiger partial charge is 0.321 e. The minimum absolute atomic E-state index is 0.241. The molecule has 0 atom stereocenters. The Balaban J connectivity index is 2.04. The minimum Gasteiger partial charge on any atom is -0.321 e. The average molecular weight is 372 g/mol. The number of nitrogens with one attached hydrogen (secondary N) is 1. The lowest BCUT2D eigenvalue weighted by Crippen LogP contribution is -2.14. The van der Waals surface area contributed by atoms with Gasteiger partial charge in [0.05, 0.1) is 0 Å². The topological polar surface area (TPSA) is 29.1 Å². The Kier molecular flexibility index (Phi) is 4.18. The first-order valence-electron chi connectivity index (χ1n) is 7.22.